The summed E-state index contributed by atoms with van der Waals surface area (Å²) < 4.78 is 0. The summed E-state index contributed by atoms with van der Waals surface area (Å²) in [6.07, 6.45) is 1.66. The van der Waals surface area contributed by atoms with Gasteiger partial charge in [0.05, 0.1) is 15.9 Å². The minimum Gasteiger partial charge on any atom is -0.353 e. The molecule has 1 N–H and O–H groups in total. The molecule has 24 heavy (non-hydrogen) atoms. The molecule has 1 aliphatic rings. The number of H-pyrrole nitrogens is 1. The van der Waals surface area contributed by atoms with Crippen LogP contribution in [0.2, 0.25) is 5.02 Å². The van der Waals surface area contributed by atoms with Crippen LogP contribution in [0.25, 0.3) is 10.9 Å². The number of halogens is 1. The zero-order valence-electron chi connectivity index (χ0n) is 12.9. The normalized spacial score (nSPS) is 15.0. The van der Waals surface area contributed by atoms with Gasteiger partial charge in [0.2, 0.25) is 5.95 Å². The molecular formula is C17H16ClN5O. The van der Waals surface area contributed by atoms with E-state index in [9.17, 15) is 4.79 Å². The van der Waals surface area contributed by atoms with E-state index < -0.39 is 0 Å². The maximum absolute atomic E-state index is 12.2. The van der Waals surface area contributed by atoms with Crippen molar-refractivity contribution in [3.05, 3.63) is 58.0 Å². The largest absolute Gasteiger partial charge is 0.353 e. The van der Waals surface area contributed by atoms with Crippen molar-refractivity contribution in [1.82, 2.24) is 15.0 Å². The van der Waals surface area contributed by atoms with Crippen molar-refractivity contribution in [3.8, 4) is 0 Å². The van der Waals surface area contributed by atoms with Gasteiger partial charge in [-0.05, 0) is 24.3 Å². The summed E-state index contributed by atoms with van der Waals surface area (Å²) in [4.78, 5) is 28.3. The van der Waals surface area contributed by atoms with E-state index in [1.165, 1.54) is 0 Å². The van der Waals surface area contributed by atoms with Crippen LogP contribution in [0.3, 0.4) is 0 Å². The van der Waals surface area contributed by atoms with Gasteiger partial charge < -0.3 is 9.80 Å². The van der Waals surface area contributed by atoms with Crippen LogP contribution in [-0.4, -0.2) is 41.1 Å². The molecule has 4 rings (SSSR count). The summed E-state index contributed by atoms with van der Waals surface area (Å²) in [5.74, 6) is 1.54. The molecule has 0 unspecified atom stereocenters. The highest BCUT2D eigenvalue weighted by atomic mass is 35.5. The molecule has 0 radical (unpaired) electrons. The van der Waals surface area contributed by atoms with Crippen LogP contribution in [0.1, 0.15) is 0 Å². The van der Waals surface area contributed by atoms with Gasteiger partial charge in [0, 0.05) is 32.4 Å². The number of fused-ring (bicyclic) bond motifs is 1. The molecule has 1 fully saturated rings. The highest BCUT2D eigenvalue weighted by molar-refractivity contribution is 6.30. The number of aromatic amines is 1. The number of hydrogen-bond donors (Lipinski definition) is 1. The third-order valence-electron chi connectivity index (χ3n) is 4.22. The number of para-hydroxylation sites is 1. The Kier molecular flexibility index (Phi) is 3.82. The van der Waals surface area contributed by atoms with E-state index in [-0.39, 0.29) is 5.56 Å². The number of nitrogens with zero attached hydrogens (tertiary/aromatic N) is 4. The molecule has 0 spiro atoms. The molecule has 2 aromatic heterocycles. The van der Waals surface area contributed by atoms with Crippen molar-refractivity contribution >= 4 is 34.3 Å². The third-order valence-corrected chi connectivity index (χ3v) is 4.44. The average Bonchev–Trinajstić information content (AvgIpc) is 2.62. The van der Waals surface area contributed by atoms with Gasteiger partial charge in [-0.2, -0.15) is 0 Å². The molecular weight excluding hydrogens is 326 g/mol. The van der Waals surface area contributed by atoms with E-state index in [0.717, 1.165) is 37.5 Å². The molecule has 7 heteroatoms. The Morgan fingerprint density at radius 2 is 1.75 bits per heavy atom. The van der Waals surface area contributed by atoms with Crippen LogP contribution in [0.5, 0.6) is 0 Å². The minimum absolute atomic E-state index is 0.0996. The van der Waals surface area contributed by atoms with Crippen LogP contribution in [0.15, 0.2) is 47.4 Å². The second-order valence-electron chi connectivity index (χ2n) is 5.72. The maximum Gasteiger partial charge on any atom is 0.260 e. The first-order valence-electron chi connectivity index (χ1n) is 7.81. The Balaban J connectivity index is 1.53. The second-order valence-corrected chi connectivity index (χ2v) is 6.15. The monoisotopic (exact) mass is 341 g/mol. The topological polar surface area (TPSA) is 65.1 Å². The number of piperazine rings is 1. The Bertz CT molecular complexity index is 916. The number of pyridine rings is 1. The zero-order valence-corrected chi connectivity index (χ0v) is 13.7. The summed E-state index contributed by atoms with van der Waals surface area (Å²) in [6.45, 7) is 3.16. The SMILES string of the molecule is O=c1[nH]c(N2CCN(c3ccc(Cl)cn3)CC2)nc2ccccc12. The fraction of sp³-hybridized carbons (Fsp3) is 0.235. The first-order valence-corrected chi connectivity index (χ1v) is 8.19. The summed E-state index contributed by atoms with van der Waals surface area (Å²) in [7, 11) is 0. The number of aromatic nitrogens is 3. The van der Waals surface area contributed by atoms with Gasteiger partial charge >= 0.3 is 0 Å². The highest BCUT2D eigenvalue weighted by Gasteiger charge is 2.20. The Labute approximate surface area is 143 Å². The van der Waals surface area contributed by atoms with E-state index in [1.807, 2.05) is 30.3 Å². The van der Waals surface area contributed by atoms with E-state index in [4.69, 9.17) is 11.6 Å². The van der Waals surface area contributed by atoms with E-state index in [0.29, 0.717) is 16.4 Å². The standard InChI is InChI=1S/C17H16ClN5O/c18-12-5-6-15(19-11-12)22-7-9-23(10-8-22)17-20-14-4-2-1-3-13(14)16(24)21-17/h1-6,11H,7-10H2,(H,20,21,24). The van der Waals surface area contributed by atoms with Gasteiger partial charge in [-0.1, -0.05) is 23.7 Å². The van der Waals surface area contributed by atoms with E-state index in [2.05, 4.69) is 24.8 Å². The molecule has 1 aliphatic heterocycles. The minimum atomic E-state index is -0.0996. The van der Waals surface area contributed by atoms with Crippen molar-refractivity contribution in [3.63, 3.8) is 0 Å². The fourth-order valence-corrected chi connectivity index (χ4v) is 3.04. The molecule has 3 heterocycles. The smallest absolute Gasteiger partial charge is 0.260 e. The predicted molar refractivity (Wildman–Crippen MR) is 96.0 cm³/mol. The number of benzene rings is 1. The molecule has 3 aromatic rings. The van der Waals surface area contributed by atoms with Crippen molar-refractivity contribution in [2.24, 2.45) is 0 Å². The Hall–Kier alpha value is -2.60. The van der Waals surface area contributed by atoms with Gasteiger partial charge in [0.25, 0.3) is 5.56 Å². The molecule has 0 saturated carbocycles. The summed E-state index contributed by atoms with van der Waals surface area (Å²) >= 11 is 5.89. The van der Waals surface area contributed by atoms with Crippen molar-refractivity contribution in [2.75, 3.05) is 36.0 Å². The number of anilines is 2. The van der Waals surface area contributed by atoms with Crippen molar-refractivity contribution < 1.29 is 0 Å². The average molecular weight is 342 g/mol. The lowest BCUT2D eigenvalue weighted by atomic mass is 10.2. The van der Waals surface area contributed by atoms with E-state index in [1.54, 1.807) is 12.3 Å². The summed E-state index contributed by atoms with van der Waals surface area (Å²) in [5.41, 5.74) is 0.621. The molecule has 6 nitrogen and oxygen atoms in total. The molecule has 122 valence electrons. The predicted octanol–water partition coefficient (Wildman–Crippen LogP) is 2.30. The van der Waals surface area contributed by atoms with Gasteiger partial charge in [-0.3, -0.25) is 9.78 Å². The molecule has 1 aromatic carbocycles. The number of nitrogens with one attached hydrogen (secondary N) is 1. The van der Waals surface area contributed by atoms with Crippen LogP contribution in [0, 0.1) is 0 Å². The Morgan fingerprint density at radius 1 is 1.00 bits per heavy atom. The molecule has 0 aliphatic carbocycles. The third kappa shape index (κ3) is 2.80. The number of hydrogen-bond acceptors (Lipinski definition) is 5. The van der Waals surface area contributed by atoms with Crippen molar-refractivity contribution in [2.45, 2.75) is 0 Å². The van der Waals surface area contributed by atoms with Crippen LogP contribution in [0.4, 0.5) is 11.8 Å². The van der Waals surface area contributed by atoms with Crippen LogP contribution >= 0.6 is 11.6 Å². The first-order chi connectivity index (χ1) is 11.7. The fourth-order valence-electron chi connectivity index (χ4n) is 2.93. The molecule has 0 bridgehead atoms. The zero-order chi connectivity index (χ0) is 16.5. The summed E-state index contributed by atoms with van der Waals surface area (Å²) in [6, 6.07) is 11.2. The number of rotatable bonds is 2. The summed E-state index contributed by atoms with van der Waals surface area (Å²) in [5, 5.41) is 1.25. The van der Waals surface area contributed by atoms with Crippen molar-refractivity contribution in [1.29, 1.82) is 0 Å². The lowest BCUT2D eigenvalue weighted by Crippen LogP contribution is -2.47. The van der Waals surface area contributed by atoms with Crippen LogP contribution < -0.4 is 15.4 Å². The quantitative estimate of drug-likeness (QED) is 0.774. The molecule has 0 amide bonds. The Morgan fingerprint density at radius 3 is 2.50 bits per heavy atom. The lowest BCUT2D eigenvalue weighted by molar-refractivity contribution is 0.635. The lowest BCUT2D eigenvalue weighted by Gasteiger charge is -2.35. The van der Waals surface area contributed by atoms with E-state index >= 15 is 0 Å². The van der Waals surface area contributed by atoms with Gasteiger partial charge in [-0.25, -0.2) is 9.97 Å². The maximum atomic E-state index is 12.2. The first kappa shape index (κ1) is 15.0. The van der Waals surface area contributed by atoms with Gasteiger partial charge in [0.15, 0.2) is 0 Å². The van der Waals surface area contributed by atoms with Gasteiger partial charge in [-0.15, -0.1) is 0 Å². The molecule has 1 saturated heterocycles. The van der Waals surface area contributed by atoms with Gasteiger partial charge in [0.1, 0.15) is 5.82 Å². The molecule has 0 atom stereocenters. The highest BCUT2D eigenvalue weighted by Crippen LogP contribution is 2.18. The second kappa shape index (κ2) is 6.13. The van der Waals surface area contributed by atoms with Crippen LogP contribution in [-0.2, 0) is 0 Å².